The van der Waals surface area contributed by atoms with Crippen molar-refractivity contribution in [3.05, 3.63) is 53.4 Å². The zero-order valence-corrected chi connectivity index (χ0v) is 13.8. The lowest BCUT2D eigenvalue weighted by atomic mass is 10.2. The van der Waals surface area contributed by atoms with Gasteiger partial charge in [0.1, 0.15) is 18.1 Å². The maximum atomic E-state index is 12.2. The van der Waals surface area contributed by atoms with Crippen LogP contribution in [0.1, 0.15) is 23.4 Å². The minimum atomic E-state index is -0.953. The molecule has 0 spiro atoms. The Hall–Kier alpha value is -2.67. The number of aromatic nitrogens is 1. The van der Waals surface area contributed by atoms with Gasteiger partial charge in [0.25, 0.3) is 0 Å². The summed E-state index contributed by atoms with van der Waals surface area (Å²) >= 11 is 0. The van der Waals surface area contributed by atoms with Gasteiger partial charge >= 0.3 is 5.97 Å². The summed E-state index contributed by atoms with van der Waals surface area (Å²) in [4.78, 5) is 25.4. The molecule has 24 heavy (non-hydrogen) atoms. The van der Waals surface area contributed by atoms with Crippen LogP contribution in [0.3, 0.4) is 0 Å². The maximum Gasteiger partial charge on any atom is 0.308 e. The van der Waals surface area contributed by atoms with Gasteiger partial charge in [-0.2, -0.15) is 0 Å². The van der Waals surface area contributed by atoms with Crippen LogP contribution >= 0.6 is 0 Å². The van der Waals surface area contributed by atoms with Crippen molar-refractivity contribution in [3.8, 4) is 0 Å². The fourth-order valence-electron chi connectivity index (χ4n) is 2.16. The van der Waals surface area contributed by atoms with Crippen LogP contribution in [0.5, 0.6) is 0 Å². The Labute approximate surface area is 140 Å². The van der Waals surface area contributed by atoms with Crippen molar-refractivity contribution >= 4 is 11.9 Å². The average Bonchev–Trinajstić information content (AvgIpc) is 2.98. The van der Waals surface area contributed by atoms with Crippen LogP contribution in [0.2, 0.25) is 0 Å². The van der Waals surface area contributed by atoms with Gasteiger partial charge in [0.2, 0.25) is 5.91 Å². The van der Waals surface area contributed by atoms with Crippen LogP contribution in [-0.4, -0.2) is 35.0 Å². The number of esters is 1. The van der Waals surface area contributed by atoms with E-state index in [1.165, 1.54) is 4.90 Å². The standard InChI is InChI=1S/C17H21N3O4/c1-12-8-14(19-24-12)10-20(2)17(22)15(18)9-16(21)23-11-13-6-4-3-5-7-13/h3-8,15H,9-11,18H2,1-2H3/t15-/m0/s1. The number of hydrogen-bond donors (Lipinski definition) is 1. The molecule has 0 aliphatic rings. The van der Waals surface area contributed by atoms with Crippen molar-refractivity contribution in [2.45, 2.75) is 32.5 Å². The molecule has 1 aromatic heterocycles. The number of ether oxygens (including phenoxy) is 1. The molecule has 7 nitrogen and oxygen atoms in total. The SMILES string of the molecule is Cc1cc(CN(C)C(=O)[C@@H](N)CC(=O)OCc2ccccc2)no1. The fourth-order valence-corrected chi connectivity index (χ4v) is 2.16. The van der Waals surface area contributed by atoms with E-state index in [9.17, 15) is 9.59 Å². The smallest absolute Gasteiger partial charge is 0.308 e. The van der Waals surface area contributed by atoms with E-state index in [0.717, 1.165) is 5.56 Å². The van der Waals surface area contributed by atoms with Crippen molar-refractivity contribution in [2.75, 3.05) is 7.05 Å². The van der Waals surface area contributed by atoms with Gasteiger partial charge in [0.15, 0.2) is 0 Å². The highest BCUT2D eigenvalue weighted by atomic mass is 16.5. The average molecular weight is 331 g/mol. The molecule has 0 unspecified atom stereocenters. The quantitative estimate of drug-likeness (QED) is 0.770. The Morgan fingerprint density at radius 3 is 2.67 bits per heavy atom. The van der Waals surface area contributed by atoms with Crippen molar-refractivity contribution in [3.63, 3.8) is 0 Å². The molecule has 1 aromatic carbocycles. The van der Waals surface area contributed by atoms with Gasteiger partial charge in [0, 0.05) is 13.1 Å². The number of nitrogens with zero attached hydrogens (tertiary/aromatic N) is 2. The van der Waals surface area contributed by atoms with E-state index in [0.29, 0.717) is 11.5 Å². The molecular weight excluding hydrogens is 310 g/mol. The number of carbonyl (C=O) groups is 2. The highest BCUT2D eigenvalue weighted by Crippen LogP contribution is 2.07. The summed E-state index contributed by atoms with van der Waals surface area (Å²) in [6, 6.07) is 10.1. The largest absolute Gasteiger partial charge is 0.461 e. The maximum absolute atomic E-state index is 12.2. The predicted molar refractivity (Wildman–Crippen MR) is 86.5 cm³/mol. The molecule has 7 heteroatoms. The van der Waals surface area contributed by atoms with Crippen molar-refractivity contribution in [2.24, 2.45) is 5.73 Å². The first-order valence-electron chi connectivity index (χ1n) is 7.58. The summed E-state index contributed by atoms with van der Waals surface area (Å²) in [7, 11) is 1.60. The Kier molecular flexibility index (Phi) is 6.08. The Bertz CT molecular complexity index is 684. The molecule has 0 bridgehead atoms. The number of nitrogens with two attached hydrogens (primary N) is 1. The molecule has 1 amide bonds. The molecule has 0 radical (unpaired) electrons. The Balaban J connectivity index is 1.78. The summed E-state index contributed by atoms with van der Waals surface area (Å²) in [6.07, 6.45) is -0.173. The van der Waals surface area contributed by atoms with Gasteiger partial charge in [-0.3, -0.25) is 9.59 Å². The second kappa shape index (κ2) is 8.26. The highest BCUT2D eigenvalue weighted by Gasteiger charge is 2.22. The summed E-state index contributed by atoms with van der Waals surface area (Å²) in [5.41, 5.74) is 7.32. The summed E-state index contributed by atoms with van der Waals surface area (Å²) in [5, 5.41) is 3.82. The van der Waals surface area contributed by atoms with Crippen LogP contribution in [0.15, 0.2) is 40.9 Å². The van der Waals surface area contributed by atoms with Crippen molar-refractivity contribution in [1.82, 2.24) is 10.1 Å². The predicted octanol–water partition coefficient (Wildman–Crippen LogP) is 1.40. The fraction of sp³-hybridized carbons (Fsp3) is 0.353. The summed E-state index contributed by atoms with van der Waals surface area (Å²) < 4.78 is 10.1. The van der Waals surface area contributed by atoms with Gasteiger partial charge in [-0.05, 0) is 12.5 Å². The lowest BCUT2D eigenvalue weighted by molar-refractivity contribution is -0.148. The summed E-state index contributed by atoms with van der Waals surface area (Å²) in [6.45, 7) is 2.20. The molecule has 0 fully saturated rings. The second-order valence-corrected chi connectivity index (χ2v) is 5.58. The molecular formula is C17H21N3O4. The van der Waals surface area contributed by atoms with Gasteiger partial charge in [-0.25, -0.2) is 0 Å². The molecule has 0 aliphatic heterocycles. The molecule has 2 rings (SSSR count). The van der Waals surface area contributed by atoms with E-state index in [4.69, 9.17) is 15.0 Å². The molecule has 0 aliphatic carbocycles. The molecule has 1 atom stereocenters. The van der Waals surface area contributed by atoms with Gasteiger partial charge < -0.3 is 19.9 Å². The number of carbonyl (C=O) groups excluding carboxylic acids is 2. The van der Waals surface area contributed by atoms with Crippen LogP contribution in [0, 0.1) is 6.92 Å². The third kappa shape index (κ3) is 5.20. The third-order valence-corrected chi connectivity index (χ3v) is 3.40. The van der Waals surface area contributed by atoms with Gasteiger partial charge in [-0.15, -0.1) is 0 Å². The second-order valence-electron chi connectivity index (χ2n) is 5.58. The first-order valence-corrected chi connectivity index (χ1v) is 7.58. The third-order valence-electron chi connectivity index (χ3n) is 3.40. The van der Waals surface area contributed by atoms with E-state index < -0.39 is 12.0 Å². The molecule has 2 aromatic rings. The normalized spacial score (nSPS) is 11.8. The lowest BCUT2D eigenvalue weighted by Gasteiger charge is -2.19. The Morgan fingerprint density at radius 1 is 1.33 bits per heavy atom. The van der Waals surface area contributed by atoms with Crippen LogP contribution in [0.25, 0.3) is 0 Å². The van der Waals surface area contributed by atoms with Gasteiger partial charge in [-0.1, -0.05) is 35.5 Å². The van der Waals surface area contributed by atoms with Crippen molar-refractivity contribution < 1.29 is 18.8 Å². The minimum Gasteiger partial charge on any atom is -0.461 e. The van der Waals surface area contributed by atoms with Crippen LogP contribution < -0.4 is 5.73 Å². The van der Waals surface area contributed by atoms with E-state index in [2.05, 4.69) is 5.16 Å². The monoisotopic (exact) mass is 331 g/mol. The zero-order chi connectivity index (χ0) is 17.5. The number of benzene rings is 1. The number of aryl methyl sites for hydroxylation is 1. The van der Waals surface area contributed by atoms with Crippen LogP contribution in [0.4, 0.5) is 0 Å². The molecule has 0 saturated carbocycles. The first kappa shape index (κ1) is 17.7. The topological polar surface area (TPSA) is 98.7 Å². The van der Waals surface area contributed by atoms with Crippen molar-refractivity contribution in [1.29, 1.82) is 0 Å². The van der Waals surface area contributed by atoms with Crippen LogP contribution in [-0.2, 0) is 27.5 Å². The number of likely N-dealkylation sites (N-methyl/N-ethyl adjacent to an activating group) is 1. The number of hydrogen-bond acceptors (Lipinski definition) is 6. The first-order chi connectivity index (χ1) is 11.5. The highest BCUT2D eigenvalue weighted by molar-refractivity contribution is 5.86. The minimum absolute atomic E-state index is 0.161. The lowest BCUT2D eigenvalue weighted by Crippen LogP contribution is -2.42. The number of amides is 1. The molecule has 2 N–H and O–H groups in total. The van der Waals surface area contributed by atoms with E-state index in [-0.39, 0.29) is 25.5 Å². The Morgan fingerprint density at radius 2 is 2.04 bits per heavy atom. The van der Waals surface area contributed by atoms with E-state index in [1.54, 1.807) is 20.0 Å². The molecule has 1 heterocycles. The molecule has 128 valence electrons. The molecule has 0 saturated heterocycles. The zero-order valence-electron chi connectivity index (χ0n) is 13.8. The van der Waals surface area contributed by atoms with Gasteiger partial charge in [0.05, 0.1) is 19.0 Å². The number of rotatable bonds is 7. The van der Waals surface area contributed by atoms with E-state index in [1.807, 2.05) is 30.3 Å². The summed E-state index contributed by atoms with van der Waals surface area (Å²) in [5.74, 6) is -0.197. The van der Waals surface area contributed by atoms with E-state index >= 15 is 0 Å².